The summed E-state index contributed by atoms with van der Waals surface area (Å²) in [6.07, 6.45) is 21.0. The molecule has 4 heteroatoms. The van der Waals surface area contributed by atoms with Gasteiger partial charge in [-0.25, -0.2) is 0 Å². The smallest absolute Gasteiger partial charge is 0.102 e. The Morgan fingerprint density at radius 3 is 2.24 bits per heavy atom. The lowest BCUT2D eigenvalue weighted by atomic mass is 10.0. The topological polar surface area (TPSA) is 11.4 Å². The second-order valence-electron chi connectivity index (χ2n) is 16.0. The van der Waals surface area contributed by atoms with Crippen LogP contribution >= 0.6 is 11.3 Å². The highest BCUT2D eigenvalue weighted by Gasteiger charge is 2.30. The number of rotatable bonds is 13. The Labute approximate surface area is 354 Å². The molecular weight excluding hydrogens is 735 g/mol. The minimum absolute atomic E-state index is 0.402. The molecule has 0 N–H and O–H groups in total. The van der Waals surface area contributed by atoms with Crippen LogP contribution < -0.4 is 9.80 Å². The van der Waals surface area contributed by atoms with E-state index in [-0.39, 0.29) is 0 Å². The first-order valence-electron chi connectivity index (χ1n) is 21.4. The quantitative estimate of drug-likeness (QED) is 0.108. The van der Waals surface area contributed by atoms with Crippen molar-refractivity contribution in [3.05, 3.63) is 192 Å². The van der Waals surface area contributed by atoms with Crippen LogP contribution in [0.2, 0.25) is 0 Å². The van der Waals surface area contributed by atoms with E-state index >= 15 is 0 Å². The molecule has 5 aromatic carbocycles. The molecule has 2 heterocycles. The Bertz CT molecular complexity index is 2730. The first-order valence-corrected chi connectivity index (χ1v) is 22.2. The summed E-state index contributed by atoms with van der Waals surface area (Å²) in [5.74, 6) is 0.402. The standard InChI is InChI=1S/C55H53N3S/c1-5-8-9-14-35-56-52-38-53(58(46-33-28-41(7-3)29-34-46)47-22-15-20-42-17-10-11-19-44(42)36-47)59-55(52)50-37-48(30-25-39(4)54(50)56)57(45-31-26-40(6-2)27-32-45)51-24-16-21-43-18-12-13-23-49(43)51/h6-7,10-13,15-24,26-29,31-34,37-39H,2-3,5,8-9,14,25,30,35-36H2,1,4H3. The zero-order valence-electron chi connectivity index (χ0n) is 34.4. The number of thiophene rings is 1. The van der Waals surface area contributed by atoms with Gasteiger partial charge < -0.3 is 14.4 Å². The fourth-order valence-corrected chi connectivity index (χ4v) is 10.4. The Morgan fingerprint density at radius 2 is 1.47 bits per heavy atom. The summed E-state index contributed by atoms with van der Waals surface area (Å²) < 4.78 is 4.08. The van der Waals surface area contributed by atoms with E-state index in [1.54, 1.807) is 0 Å². The first-order chi connectivity index (χ1) is 29.0. The maximum atomic E-state index is 4.05. The molecule has 7 aromatic rings. The maximum absolute atomic E-state index is 4.05. The SMILES string of the molecule is C=Cc1ccc(N(C2=CC=Cc3ccccc3C2)c2cc3c(s2)c2c(n3CCCCCC)C(C)CCC(N(c3ccc(C=C)cc3)c3cccc4ccccc34)=C2)cc1. The lowest BCUT2D eigenvalue weighted by molar-refractivity contribution is 0.552. The van der Waals surface area contributed by atoms with Crippen molar-refractivity contribution >= 4 is 78.7 Å². The van der Waals surface area contributed by atoms with Gasteiger partial charge in [-0.2, -0.15) is 0 Å². The summed E-state index contributed by atoms with van der Waals surface area (Å²) in [6.45, 7) is 13.9. The van der Waals surface area contributed by atoms with E-state index < -0.39 is 0 Å². The number of unbranched alkanes of at least 4 members (excludes halogenated alkanes) is 3. The highest BCUT2D eigenvalue weighted by Crippen LogP contribution is 2.49. The fraction of sp³-hybridized carbons (Fsp3) is 0.200. The normalized spacial score (nSPS) is 14.8. The summed E-state index contributed by atoms with van der Waals surface area (Å²) in [5.41, 5.74) is 15.2. The van der Waals surface area contributed by atoms with E-state index in [0.717, 1.165) is 42.6 Å². The van der Waals surface area contributed by atoms with Crippen molar-refractivity contribution in [1.82, 2.24) is 4.57 Å². The zero-order chi connectivity index (χ0) is 40.3. The summed E-state index contributed by atoms with van der Waals surface area (Å²) in [5, 5.41) is 3.74. The number of fused-ring (bicyclic) bond motifs is 5. The summed E-state index contributed by atoms with van der Waals surface area (Å²) in [4.78, 5) is 5.04. The molecular formula is C55H53N3S. The highest BCUT2D eigenvalue weighted by atomic mass is 32.1. The largest absolute Gasteiger partial charge is 0.343 e. The summed E-state index contributed by atoms with van der Waals surface area (Å²) >= 11 is 1.94. The molecule has 294 valence electrons. The van der Waals surface area contributed by atoms with Crippen LogP contribution in [0.25, 0.3) is 45.3 Å². The lowest BCUT2D eigenvalue weighted by Gasteiger charge is -2.29. The average Bonchev–Trinajstić information content (AvgIpc) is 3.66. The number of hydrogen-bond donors (Lipinski definition) is 0. The summed E-state index contributed by atoms with van der Waals surface area (Å²) in [6, 6.07) is 44.6. The highest BCUT2D eigenvalue weighted by molar-refractivity contribution is 7.23. The monoisotopic (exact) mass is 787 g/mol. The number of nitrogens with zero attached hydrogens (tertiary/aromatic N) is 3. The summed E-state index contributed by atoms with van der Waals surface area (Å²) in [7, 11) is 0. The molecule has 0 fully saturated rings. The number of allylic oxidation sites excluding steroid dienone is 4. The van der Waals surface area contributed by atoms with Crippen LogP contribution in [0.15, 0.2) is 158 Å². The van der Waals surface area contributed by atoms with Crippen LogP contribution in [0.1, 0.15) is 91.8 Å². The maximum Gasteiger partial charge on any atom is 0.102 e. The molecule has 0 saturated carbocycles. The number of hydrogen-bond acceptors (Lipinski definition) is 3. The minimum Gasteiger partial charge on any atom is -0.343 e. The van der Waals surface area contributed by atoms with Gasteiger partial charge >= 0.3 is 0 Å². The molecule has 3 nitrogen and oxygen atoms in total. The molecule has 1 atom stereocenters. The molecule has 0 amide bonds. The van der Waals surface area contributed by atoms with Gasteiger partial charge in [0.2, 0.25) is 0 Å². The molecule has 0 spiro atoms. The second-order valence-corrected chi connectivity index (χ2v) is 17.1. The third-order valence-corrected chi connectivity index (χ3v) is 13.4. The molecule has 9 rings (SSSR count). The number of aromatic nitrogens is 1. The van der Waals surface area contributed by atoms with Gasteiger partial charge in [0.15, 0.2) is 0 Å². The van der Waals surface area contributed by atoms with Crippen LogP contribution in [0.3, 0.4) is 0 Å². The second kappa shape index (κ2) is 17.0. The van der Waals surface area contributed by atoms with Crippen molar-refractivity contribution in [3.63, 3.8) is 0 Å². The Hall–Kier alpha value is -6.10. The van der Waals surface area contributed by atoms with Crippen molar-refractivity contribution in [2.45, 2.75) is 71.3 Å². The first kappa shape index (κ1) is 38.4. The number of anilines is 4. The predicted octanol–water partition coefficient (Wildman–Crippen LogP) is 16.1. The molecule has 0 aliphatic heterocycles. The van der Waals surface area contributed by atoms with Crippen molar-refractivity contribution in [2.75, 3.05) is 9.80 Å². The van der Waals surface area contributed by atoms with E-state index in [9.17, 15) is 0 Å². The predicted molar refractivity (Wildman–Crippen MR) is 258 cm³/mol. The van der Waals surface area contributed by atoms with Crippen molar-refractivity contribution < 1.29 is 0 Å². The van der Waals surface area contributed by atoms with E-state index in [1.165, 1.54) is 96.8 Å². The van der Waals surface area contributed by atoms with Gasteiger partial charge in [-0.15, -0.1) is 11.3 Å². The van der Waals surface area contributed by atoms with Gasteiger partial charge in [-0.05, 0) is 101 Å². The number of benzene rings is 5. The molecule has 2 aliphatic carbocycles. The van der Waals surface area contributed by atoms with Crippen LogP contribution in [0.4, 0.5) is 22.1 Å². The van der Waals surface area contributed by atoms with E-state index in [0.29, 0.717) is 5.92 Å². The minimum atomic E-state index is 0.402. The zero-order valence-corrected chi connectivity index (χ0v) is 35.2. The van der Waals surface area contributed by atoms with Gasteiger partial charge in [-0.1, -0.05) is 156 Å². The van der Waals surface area contributed by atoms with E-state index in [4.69, 9.17) is 0 Å². The molecule has 2 aliphatic rings. The third-order valence-electron chi connectivity index (χ3n) is 12.2. The third kappa shape index (κ3) is 7.54. The number of aryl methyl sites for hydroxylation is 1. The molecule has 2 aromatic heterocycles. The van der Waals surface area contributed by atoms with E-state index in [1.807, 2.05) is 23.5 Å². The van der Waals surface area contributed by atoms with Crippen LogP contribution in [0.5, 0.6) is 0 Å². The van der Waals surface area contributed by atoms with Gasteiger partial charge in [0.1, 0.15) is 5.00 Å². The average molecular weight is 788 g/mol. The molecule has 0 saturated heterocycles. The lowest BCUT2D eigenvalue weighted by Crippen LogP contribution is -2.17. The fourth-order valence-electron chi connectivity index (χ4n) is 9.13. The van der Waals surface area contributed by atoms with Crippen LogP contribution in [-0.2, 0) is 13.0 Å². The van der Waals surface area contributed by atoms with E-state index in [2.05, 4.69) is 187 Å². The Morgan fingerprint density at radius 1 is 0.763 bits per heavy atom. The Balaban J connectivity index is 1.25. The van der Waals surface area contributed by atoms with Gasteiger partial charge in [-0.3, -0.25) is 0 Å². The van der Waals surface area contributed by atoms with Crippen molar-refractivity contribution in [3.8, 4) is 0 Å². The van der Waals surface area contributed by atoms with Crippen LogP contribution in [-0.4, -0.2) is 4.57 Å². The van der Waals surface area contributed by atoms with Gasteiger partial charge in [0.25, 0.3) is 0 Å². The molecule has 59 heavy (non-hydrogen) atoms. The molecule has 0 bridgehead atoms. The van der Waals surface area contributed by atoms with Crippen LogP contribution in [0, 0.1) is 0 Å². The van der Waals surface area contributed by atoms with Crippen molar-refractivity contribution in [2.24, 2.45) is 0 Å². The van der Waals surface area contributed by atoms with Gasteiger partial charge in [0.05, 0.1) is 15.9 Å². The van der Waals surface area contributed by atoms with Gasteiger partial charge in [0, 0.05) is 52.4 Å². The molecule has 1 unspecified atom stereocenters. The Kier molecular flexibility index (Phi) is 11.1. The molecule has 0 radical (unpaired) electrons. The van der Waals surface area contributed by atoms with Crippen molar-refractivity contribution in [1.29, 1.82) is 0 Å².